The second kappa shape index (κ2) is 4.76. The van der Waals surface area contributed by atoms with Gasteiger partial charge in [-0.05, 0) is 51.3 Å². The van der Waals surface area contributed by atoms with Crippen LogP contribution in [0.15, 0.2) is 39.4 Å². The number of furan rings is 1. The summed E-state index contributed by atoms with van der Waals surface area (Å²) >= 11 is 3.30. The van der Waals surface area contributed by atoms with E-state index < -0.39 is 0 Å². The minimum atomic E-state index is -0.151. The van der Waals surface area contributed by atoms with E-state index in [1.165, 1.54) is 5.56 Å². The quantitative estimate of drug-likeness (QED) is 0.676. The lowest BCUT2D eigenvalue weighted by atomic mass is 10.0. The van der Waals surface area contributed by atoms with E-state index in [9.17, 15) is 0 Å². The number of rotatable bonds is 3. The highest BCUT2D eigenvalue weighted by atomic mass is 79.9. The van der Waals surface area contributed by atoms with E-state index in [1.807, 2.05) is 24.3 Å². The number of nitrogens with one attached hydrogen (secondary N) is 1. The molecule has 0 amide bonds. The zero-order valence-corrected chi connectivity index (χ0v) is 11.2. The molecule has 1 aromatic carbocycles. The number of ether oxygens (including phenoxy) is 1. The van der Waals surface area contributed by atoms with Crippen LogP contribution in [0.3, 0.4) is 0 Å². The van der Waals surface area contributed by atoms with E-state index in [4.69, 9.17) is 15.0 Å². The van der Waals surface area contributed by atoms with Crippen molar-refractivity contribution in [1.29, 1.82) is 0 Å². The normalized spacial score (nSPS) is 15.2. The van der Waals surface area contributed by atoms with Crippen molar-refractivity contribution >= 4 is 15.9 Å². The Labute approximate surface area is 113 Å². The van der Waals surface area contributed by atoms with Crippen LogP contribution in [0.1, 0.15) is 22.9 Å². The van der Waals surface area contributed by atoms with Gasteiger partial charge in [0.25, 0.3) is 0 Å². The van der Waals surface area contributed by atoms with Gasteiger partial charge in [0.15, 0.2) is 4.67 Å². The van der Waals surface area contributed by atoms with E-state index in [0.29, 0.717) is 4.67 Å². The van der Waals surface area contributed by atoms with Crippen molar-refractivity contribution in [3.05, 3.63) is 51.9 Å². The van der Waals surface area contributed by atoms with Gasteiger partial charge < -0.3 is 9.15 Å². The molecule has 0 saturated carbocycles. The summed E-state index contributed by atoms with van der Waals surface area (Å²) in [6.07, 6.45) is 0.947. The molecule has 1 atom stereocenters. The topological polar surface area (TPSA) is 60.4 Å². The number of hydrogen-bond acceptors (Lipinski definition) is 4. The lowest BCUT2D eigenvalue weighted by molar-refractivity contribution is 0.356. The molecule has 0 radical (unpaired) electrons. The Balaban J connectivity index is 1.96. The number of hydrogen-bond donors (Lipinski definition) is 2. The molecule has 3 N–H and O–H groups in total. The maximum Gasteiger partial charge on any atom is 0.169 e. The van der Waals surface area contributed by atoms with Crippen molar-refractivity contribution in [1.82, 2.24) is 5.43 Å². The minimum absolute atomic E-state index is 0.151. The van der Waals surface area contributed by atoms with E-state index in [2.05, 4.69) is 27.4 Å². The third kappa shape index (κ3) is 2.05. The van der Waals surface area contributed by atoms with Crippen molar-refractivity contribution in [3.63, 3.8) is 0 Å². The van der Waals surface area contributed by atoms with Crippen LogP contribution in [-0.2, 0) is 6.42 Å². The molecule has 1 aliphatic heterocycles. The first-order valence-corrected chi connectivity index (χ1v) is 6.54. The summed E-state index contributed by atoms with van der Waals surface area (Å²) in [5, 5.41) is 0. The Hall–Kier alpha value is -1.30. The van der Waals surface area contributed by atoms with Crippen LogP contribution in [0.25, 0.3) is 0 Å². The highest BCUT2D eigenvalue weighted by Crippen LogP contribution is 2.31. The van der Waals surface area contributed by atoms with E-state index >= 15 is 0 Å². The lowest BCUT2D eigenvalue weighted by Crippen LogP contribution is -2.28. The predicted octanol–water partition coefficient (Wildman–Crippen LogP) is 2.53. The van der Waals surface area contributed by atoms with E-state index in [-0.39, 0.29) is 6.04 Å². The molecular formula is C13H13BrN2O2. The van der Waals surface area contributed by atoms with Gasteiger partial charge in [-0.3, -0.25) is 5.84 Å². The molecule has 0 saturated heterocycles. The number of fused-ring (bicyclic) bond motifs is 1. The second-order valence-electron chi connectivity index (χ2n) is 4.21. The fraction of sp³-hybridized carbons (Fsp3) is 0.231. The SMILES string of the molecule is NNC(c1ccc2c(c1)CCO2)c1ccc(Br)o1. The zero-order chi connectivity index (χ0) is 12.5. The summed E-state index contributed by atoms with van der Waals surface area (Å²) in [6.45, 7) is 0.756. The molecule has 0 fully saturated rings. The van der Waals surface area contributed by atoms with Crippen LogP contribution in [-0.4, -0.2) is 6.61 Å². The number of benzene rings is 1. The summed E-state index contributed by atoms with van der Waals surface area (Å²) in [5.74, 6) is 7.38. The molecule has 1 aromatic heterocycles. The number of hydrazine groups is 1. The summed E-state index contributed by atoms with van der Waals surface area (Å²) in [4.78, 5) is 0. The highest BCUT2D eigenvalue weighted by molar-refractivity contribution is 9.10. The molecule has 0 aliphatic carbocycles. The molecule has 2 heterocycles. The van der Waals surface area contributed by atoms with Crippen LogP contribution >= 0.6 is 15.9 Å². The average molecular weight is 309 g/mol. The van der Waals surface area contributed by atoms with Gasteiger partial charge in [-0.1, -0.05) is 6.07 Å². The Morgan fingerprint density at radius 2 is 2.17 bits per heavy atom. The fourth-order valence-electron chi connectivity index (χ4n) is 2.21. The van der Waals surface area contributed by atoms with Crippen LogP contribution < -0.4 is 16.0 Å². The Bertz CT molecular complexity index is 568. The Morgan fingerprint density at radius 1 is 1.28 bits per heavy atom. The van der Waals surface area contributed by atoms with Crippen molar-refractivity contribution in [2.75, 3.05) is 6.61 Å². The van der Waals surface area contributed by atoms with Crippen LogP contribution in [0.5, 0.6) is 5.75 Å². The molecule has 1 unspecified atom stereocenters. The third-order valence-electron chi connectivity index (χ3n) is 3.09. The molecule has 1 aliphatic rings. The van der Waals surface area contributed by atoms with E-state index in [0.717, 1.165) is 30.1 Å². The number of halogens is 1. The summed E-state index contributed by atoms with van der Waals surface area (Å²) in [5.41, 5.74) is 5.08. The molecule has 18 heavy (non-hydrogen) atoms. The summed E-state index contributed by atoms with van der Waals surface area (Å²) in [6, 6.07) is 9.71. The molecule has 0 bridgehead atoms. The zero-order valence-electron chi connectivity index (χ0n) is 9.65. The third-order valence-corrected chi connectivity index (χ3v) is 3.52. The van der Waals surface area contributed by atoms with Gasteiger partial charge in [0.05, 0.1) is 6.61 Å². The molecule has 94 valence electrons. The largest absolute Gasteiger partial charge is 0.493 e. The first-order valence-electron chi connectivity index (χ1n) is 5.75. The molecule has 0 spiro atoms. The standard InChI is InChI=1S/C13H13BrN2O2/c14-12-4-3-11(18-12)13(16-15)9-1-2-10-8(7-9)5-6-17-10/h1-4,7,13,16H,5-6,15H2. The first-order chi connectivity index (χ1) is 8.78. The van der Waals surface area contributed by atoms with E-state index in [1.54, 1.807) is 0 Å². The summed E-state index contributed by atoms with van der Waals surface area (Å²) < 4.78 is 11.7. The predicted molar refractivity (Wildman–Crippen MR) is 71.2 cm³/mol. The van der Waals surface area contributed by atoms with Gasteiger partial charge in [0, 0.05) is 6.42 Å². The van der Waals surface area contributed by atoms with Gasteiger partial charge in [-0.25, -0.2) is 5.43 Å². The van der Waals surface area contributed by atoms with Crippen LogP contribution in [0, 0.1) is 0 Å². The van der Waals surface area contributed by atoms with Crippen molar-refractivity contribution in [3.8, 4) is 5.75 Å². The minimum Gasteiger partial charge on any atom is -0.493 e. The Kier molecular flexibility index (Phi) is 3.11. The fourth-order valence-corrected chi connectivity index (χ4v) is 2.53. The van der Waals surface area contributed by atoms with Gasteiger partial charge >= 0.3 is 0 Å². The van der Waals surface area contributed by atoms with Crippen LogP contribution in [0.4, 0.5) is 0 Å². The maximum atomic E-state index is 5.63. The maximum absolute atomic E-state index is 5.63. The second-order valence-corrected chi connectivity index (χ2v) is 4.99. The van der Waals surface area contributed by atoms with Gasteiger partial charge in [-0.2, -0.15) is 0 Å². The first kappa shape index (κ1) is 11.8. The van der Waals surface area contributed by atoms with Crippen LogP contribution in [0.2, 0.25) is 0 Å². The molecule has 2 aromatic rings. The van der Waals surface area contributed by atoms with Gasteiger partial charge in [-0.15, -0.1) is 0 Å². The lowest BCUT2D eigenvalue weighted by Gasteiger charge is -2.14. The Morgan fingerprint density at radius 3 is 2.89 bits per heavy atom. The smallest absolute Gasteiger partial charge is 0.169 e. The molecular weight excluding hydrogens is 296 g/mol. The molecule has 5 heteroatoms. The monoisotopic (exact) mass is 308 g/mol. The number of nitrogens with two attached hydrogens (primary N) is 1. The highest BCUT2D eigenvalue weighted by Gasteiger charge is 2.19. The van der Waals surface area contributed by atoms with Crippen molar-refractivity contribution in [2.24, 2.45) is 5.84 Å². The van der Waals surface area contributed by atoms with Gasteiger partial charge in [0.1, 0.15) is 17.6 Å². The molecule has 3 rings (SSSR count). The van der Waals surface area contributed by atoms with Gasteiger partial charge in [0.2, 0.25) is 0 Å². The summed E-state index contributed by atoms with van der Waals surface area (Å²) in [7, 11) is 0. The van der Waals surface area contributed by atoms with Crippen molar-refractivity contribution < 1.29 is 9.15 Å². The average Bonchev–Trinajstić information content (AvgIpc) is 2.99. The van der Waals surface area contributed by atoms with Crippen molar-refractivity contribution in [2.45, 2.75) is 12.5 Å². The molecule has 4 nitrogen and oxygen atoms in total.